The van der Waals surface area contributed by atoms with Crippen LogP contribution in [-0.2, 0) is 4.79 Å². The summed E-state index contributed by atoms with van der Waals surface area (Å²) in [5.41, 5.74) is -0.202. The fourth-order valence-electron chi connectivity index (χ4n) is 2.45. The molecule has 0 radical (unpaired) electrons. The van der Waals surface area contributed by atoms with E-state index >= 15 is 0 Å². The molecular weight excluding hydrogens is 308 g/mol. The second-order valence-corrected chi connectivity index (χ2v) is 5.09. The van der Waals surface area contributed by atoms with Crippen molar-refractivity contribution in [3.63, 3.8) is 0 Å². The Morgan fingerprint density at radius 2 is 1.48 bits per heavy atom. The second kappa shape index (κ2) is 4.96. The van der Waals surface area contributed by atoms with E-state index in [1.165, 1.54) is 0 Å². The molecule has 2 aromatic carbocycles. The fraction of sp³-hybridized carbons (Fsp3) is 0.133. The van der Waals surface area contributed by atoms with Crippen molar-refractivity contribution in [3.8, 4) is 34.5 Å². The van der Waals surface area contributed by atoms with Gasteiger partial charge in [-0.05, 0) is 12.1 Å². The molecule has 23 heavy (non-hydrogen) atoms. The molecule has 0 amide bonds. The molecule has 0 aromatic heterocycles. The Kier molecular flexibility index (Phi) is 3.19. The van der Waals surface area contributed by atoms with Crippen LogP contribution in [0.3, 0.4) is 0 Å². The van der Waals surface area contributed by atoms with Crippen LogP contribution in [0.4, 0.5) is 0 Å². The number of ketones is 1. The van der Waals surface area contributed by atoms with Crippen molar-refractivity contribution in [1.82, 2.24) is 0 Å². The van der Waals surface area contributed by atoms with Gasteiger partial charge in [-0.2, -0.15) is 0 Å². The van der Waals surface area contributed by atoms with E-state index in [1.807, 2.05) is 0 Å². The lowest BCUT2D eigenvalue weighted by Gasteiger charge is -2.29. The Morgan fingerprint density at radius 3 is 2.09 bits per heavy atom. The molecule has 0 spiro atoms. The van der Waals surface area contributed by atoms with Gasteiger partial charge in [-0.1, -0.05) is 0 Å². The highest BCUT2D eigenvalue weighted by Crippen LogP contribution is 2.46. The molecule has 120 valence electrons. The highest BCUT2D eigenvalue weighted by molar-refractivity contribution is 5.92. The number of carbonyl (C=O) groups excluding carboxylic acids is 1. The Hall–Kier alpha value is -3.13. The Balaban J connectivity index is 2.11. The van der Waals surface area contributed by atoms with Crippen molar-refractivity contribution in [2.75, 3.05) is 0 Å². The van der Waals surface area contributed by atoms with Gasteiger partial charge in [0.15, 0.2) is 23.4 Å². The van der Waals surface area contributed by atoms with Gasteiger partial charge < -0.3 is 35.4 Å². The summed E-state index contributed by atoms with van der Waals surface area (Å²) in [5, 5.41) is 57.7. The molecule has 6 N–H and O–H groups in total. The maximum absolute atomic E-state index is 12.3. The number of ether oxygens (including phenoxy) is 1. The predicted molar refractivity (Wildman–Crippen MR) is 74.5 cm³/mol. The molecule has 8 nitrogen and oxygen atoms in total. The van der Waals surface area contributed by atoms with Crippen molar-refractivity contribution < 1.29 is 40.2 Å². The van der Waals surface area contributed by atoms with Gasteiger partial charge in [-0.15, -0.1) is 0 Å². The zero-order valence-corrected chi connectivity index (χ0v) is 11.5. The van der Waals surface area contributed by atoms with Crippen LogP contribution >= 0.6 is 0 Å². The van der Waals surface area contributed by atoms with Crippen LogP contribution in [0.25, 0.3) is 0 Å². The molecule has 0 saturated heterocycles. The number of hydrogen-bond acceptors (Lipinski definition) is 8. The molecule has 0 aliphatic carbocycles. The summed E-state index contributed by atoms with van der Waals surface area (Å²) in [7, 11) is 0. The number of phenols is 5. The largest absolute Gasteiger partial charge is 0.508 e. The summed E-state index contributed by atoms with van der Waals surface area (Å²) in [6.45, 7) is 0. The van der Waals surface area contributed by atoms with Crippen LogP contribution in [0, 0.1) is 0 Å². The number of fused-ring (bicyclic) bond motifs is 1. The zero-order valence-electron chi connectivity index (χ0n) is 11.5. The summed E-state index contributed by atoms with van der Waals surface area (Å²) >= 11 is 0. The number of hydrogen-bond donors (Lipinski definition) is 6. The van der Waals surface area contributed by atoms with Gasteiger partial charge >= 0.3 is 0 Å². The maximum Gasteiger partial charge on any atom is 0.211 e. The SMILES string of the molecule is O=C1C(O)c2c(O)cc(O)cc2OC1c1cc(O)c(O)c(O)c1. The van der Waals surface area contributed by atoms with E-state index in [4.69, 9.17) is 4.74 Å². The van der Waals surface area contributed by atoms with Gasteiger partial charge in [-0.25, -0.2) is 0 Å². The minimum Gasteiger partial charge on any atom is -0.508 e. The highest BCUT2D eigenvalue weighted by Gasteiger charge is 2.39. The average molecular weight is 320 g/mol. The number of Topliss-reactive ketones (excluding diaryl/α,β-unsaturated/α-hetero) is 1. The number of carbonyl (C=O) groups is 1. The topological polar surface area (TPSA) is 148 Å². The Morgan fingerprint density at radius 1 is 0.870 bits per heavy atom. The molecule has 2 atom stereocenters. The zero-order chi connectivity index (χ0) is 16.9. The lowest BCUT2D eigenvalue weighted by Crippen LogP contribution is -2.30. The van der Waals surface area contributed by atoms with Crippen LogP contribution < -0.4 is 4.74 Å². The molecule has 0 fully saturated rings. The summed E-state index contributed by atoms with van der Waals surface area (Å²) in [4.78, 5) is 12.3. The first-order valence-corrected chi connectivity index (χ1v) is 6.48. The molecule has 0 bridgehead atoms. The normalized spacial score (nSPS) is 20.0. The van der Waals surface area contributed by atoms with Crippen LogP contribution in [0.5, 0.6) is 34.5 Å². The van der Waals surface area contributed by atoms with E-state index in [2.05, 4.69) is 0 Å². The first-order valence-electron chi connectivity index (χ1n) is 6.48. The number of aliphatic hydroxyl groups excluding tert-OH is 1. The van der Waals surface area contributed by atoms with E-state index in [0.29, 0.717) is 0 Å². The quantitative estimate of drug-likeness (QED) is 0.425. The van der Waals surface area contributed by atoms with E-state index in [0.717, 1.165) is 24.3 Å². The minimum absolute atomic E-state index is 0.0182. The van der Waals surface area contributed by atoms with Gasteiger partial charge in [0, 0.05) is 17.7 Å². The highest BCUT2D eigenvalue weighted by atomic mass is 16.5. The van der Waals surface area contributed by atoms with Crippen molar-refractivity contribution in [3.05, 3.63) is 35.4 Å². The molecule has 8 heteroatoms. The third-order valence-electron chi connectivity index (χ3n) is 3.55. The van der Waals surface area contributed by atoms with Gasteiger partial charge in [-0.3, -0.25) is 4.79 Å². The molecule has 1 aliphatic rings. The standard InChI is InChI=1S/C15H12O8/c16-6-3-7(17)11-10(4-6)23-15(14(22)13(11)21)5-1-8(18)12(20)9(19)2-5/h1-4,13,15-21H. The van der Waals surface area contributed by atoms with Crippen LogP contribution in [0.2, 0.25) is 0 Å². The third-order valence-corrected chi connectivity index (χ3v) is 3.55. The van der Waals surface area contributed by atoms with Crippen molar-refractivity contribution in [1.29, 1.82) is 0 Å². The van der Waals surface area contributed by atoms with Gasteiger partial charge in [0.25, 0.3) is 0 Å². The summed E-state index contributed by atoms with van der Waals surface area (Å²) in [6, 6.07) is 4.06. The molecule has 3 rings (SSSR count). The summed E-state index contributed by atoms with van der Waals surface area (Å²) in [6.07, 6.45) is -3.13. The van der Waals surface area contributed by atoms with Crippen molar-refractivity contribution in [2.45, 2.75) is 12.2 Å². The molecular formula is C15H12O8. The first-order chi connectivity index (χ1) is 10.8. The molecule has 1 aliphatic heterocycles. The van der Waals surface area contributed by atoms with Gasteiger partial charge in [0.05, 0.1) is 5.56 Å². The number of benzene rings is 2. The maximum atomic E-state index is 12.3. The molecule has 2 unspecified atom stereocenters. The Bertz CT molecular complexity index is 790. The fourth-order valence-corrected chi connectivity index (χ4v) is 2.45. The van der Waals surface area contributed by atoms with Crippen molar-refractivity contribution in [2.24, 2.45) is 0 Å². The smallest absolute Gasteiger partial charge is 0.211 e. The number of aromatic hydroxyl groups is 5. The second-order valence-electron chi connectivity index (χ2n) is 5.09. The van der Waals surface area contributed by atoms with Gasteiger partial charge in [0.2, 0.25) is 5.78 Å². The van der Waals surface area contributed by atoms with E-state index < -0.39 is 41.0 Å². The minimum atomic E-state index is -1.72. The van der Waals surface area contributed by atoms with Crippen LogP contribution in [0.15, 0.2) is 24.3 Å². The Labute approximate surface area is 129 Å². The number of aliphatic hydroxyl groups is 1. The van der Waals surface area contributed by atoms with Gasteiger partial charge in [0.1, 0.15) is 23.4 Å². The summed E-state index contributed by atoms with van der Waals surface area (Å²) < 4.78 is 5.38. The van der Waals surface area contributed by atoms with E-state index in [1.54, 1.807) is 0 Å². The monoisotopic (exact) mass is 320 g/mol. The summed E-state index contributed by atoms with van der Waals surface area (Å²) in [5.74, 6) is -3.90. The third kappa shape index (κ3) is 2.25. The predicted octanol–water partition coefficient (Wildman–Crippen LogP) is 0.951. The molecule has 2 aromatic rings. The van der Waals surface area contributed by atoms with E-state index in [-0.39, 0.29) is 22.6 Å². The molecule has 1 heterocycles. The first kappa shape index (κ1) is 14.8. The lowest BCUT2D eigenvalue weighted by molar-refractivity contribution is -0.137. The average Bonchev–Trinajstić information content (AvgIpc) is 2.47. The number of rotatable bonds is 1. The molecule has 0 saturated carbocycles. The van der Waals surface area contributed by atoms with E-state index in [9.17, 15) is 35.4 Å². The lowest BCUT2D eigenvalue weighted by atomic mass is 9.92. The van der Waals surface area contributed by atoms with Crippen molar-refractivity contribution >= 4 is 5.78 Å². The van der Waals surface area contributed by atoms with Crippen LogP contribution in [0.1, 0.15) is 23.3 Å². The van der Waals surface area contributed by atoms with Crippen LogP contribution in [-0.4, -0.2) is 36.4 Å². The number of phenolic OH excluding ortho intramolecular Hbond substituents is 5.